The number of carbonyl (C=O) groups excluding carboxylic acids is 3. The molecule has 58 heavy (non-hydrogen) atoms. The van der Waals surface area contributed by atoms with Crippen LogP contribution in [0.25, 0.3) is 11.0 Å². The Morgan fingerprint density at radius 2 is 1.86 bits per heavy atom. The second-order valence-corrected chi connectivity index (χ2v) is 18.5. The molecule has 1 aromatic carbocycles. The molecule has 318 valence electrons. The van der Waals surface area contributed by atoms with Crippen LogP contribution in [0.3, 0.4) is 0 Å². The number of nitrogens with one attached hydrogen (secondary N) is 3. The van der Waals surface area contributed by atoms with Gasteiger partial charge in [-0.3, -0.25) is 19.1 Å². The van der Waals surface area contributed by atoms with Crippen molar-refractivity contribution >= 4 is 44.9 Å². The van der Waals surface area contributed by atoms with Crippen LogP contribution in [-0.4, -0.2) is 107 Å². The van der Waals surface area contributed by atoms with E-state index in [-0.39, 0.29) is 36.1 Å². The maximum atomic E-state index is 14.6. The molecule has 1 aromatic heterocycles. The summed E-state index contributed by atoms with van der Waals surface area (Å²) in [5.41, 5.74) is -3.27. The molecule has 20 heteroatoms. The van der Waals surface area contributed by atoms with Crippen molar-refractivity contribution in [2.75, 3.05) is 20.3 Å². The van der Waals surface area contributed by atoms with Gasteiger partial charge in [0, 0.05) is 31.4 Å². The molecular formula is C38H49F3N6O10S. The smallest absolute Gasteiger partial charge is 0.438 e. The van der Waals surface area contributed by atoms with E-state index in [1.54, 1.807) is 19.9 Å². The number of alkyl halides is 3. The maximum absolute atomic E-state index is 14.6. The predicted octanol–water partition coefficient (Wildman–Crippen LogP) is 3.93. The van der Waals surface area contributed by atoms with E-state index in [1.165, 1.54) is 32.2 Å². The average molecular weight is 839 g/mol. The van der Waals surface area contributed by atoms with Crippen LogP contribution in [0.4, 0.5) is 18.0 Å². The van der Waals surface area contributed by atoms with Gasteiger partial charge in [0.1, 0.15) is 29.5 Å². The number of hydrogen-bond donors (Lipinski definition) is 4. The average Bonchev–Trinajstić information content (AvgIpc) is 4.01. The van der Waals surface area contributed by atoms with Gasteiger partial charge in [-0.05, 0) is 77.3 Å². The summed E-state index contributed by atoms with van der Waals surface area (Å²) in [6, 6.07) is 1.21. The zero-order chi connectivity index (χ0) is 42.4. The Hall–Kier alpha value is -4.72. The first-order chi connectivity index (χ1) is 27.2. The van der Waals surface area contributed by atoms with E-state index in [1.807, 2.05) is 13.0 Å². The zero-order valence-corrected chi connectivity index (χ0v) is 33.6. The van der Waals surface area contributed by atoms with Crippen molar-refractivity contribution in [1.82, 2.24) is 30.2 Å². The molecule has 0 spiro atoms. The molecule has 0 unspecified atom stereocenters. The molecule has 2 saturated carbocycles. The molecule has 2 aromatic rings. The van der Waals surface area contributed by atoms with Gasteiger partial charge in [-0.15, -0.1) is 0 Å². The number of carboxylic acid groups (broad SMARTS) is 1. The molecule has 4 aliphatic rings. The summed E-state index contributed by atoms with van der Waals surface area (Å²) in [4.78, 5) is 64.0. The highest BCUT2D eigenvalue weighted by Crippen LogP contribution is 2.48. The number of ether oxygens (including phenoxy) is 3. The van der Waals surface area contributed by atoms with Crippen molar-refractivity contribution in [2.45, 2.75) is 113 Å². The molecule has 2 aliphatic carbocycles. The van der Waals surface area contributed by atoms with Crippen LogP contribution in [0.15, 0.2) is 30.4 Å². The van der Waals surface area contributed by atoms with Crippen LogP contribution < -0.4 is 24.8 Å². The van der Waals surface area contributed by atoms with Gasteiger partial charge >= 0.3 is 12.3 Å². The third-order valence-corrected chi connectivity index (χ3v) is 13.4. The molecule has 0 bridgehead atoms. The number of hydrogen-bond acceptors (Lipinski definition) is 11. The van der Waals surface area contributed by atoms with Crippen LogP contribution in [0.2, 0.25) is 0 Å². The fourth-order valence-electron chi connectivity index (χ4n) is 7.71. The Balaban J connectivity index is 1.39. The Morgan fingerprint density at radius 3 is 2.50 bits per heavy atom. The standard InChI is InChI=1S/C38H49F3N6O10S/c1-20(2)56-24-10-11-26-27(15-24)43-32(30(42-26)38(39,40)41)57-25-16-28-31(48)45-37(34(50)46-58(53,54)36(4)12-13-36)17-23(37)9-7-6-8-21(3)14-22(19-55-5)29(44-35(51)52)33(49)47(28)18-25/h7,9-11,15,20-23,25,28-29,44H,6,8,12-14,16-19H2,1-5H3,(H,45,48)(H,46,50)(H,51,52)/t21-,22-,23+,25+,28-,29-,37+/m0/s1. The van der Waals surface area contributed by atoms with Gasteiger partial charge in [0.25, 0.3) is 5.91 Å². The Morgan fingerprint density at radius 1 is 1.14 bits per heavy atom. The van der Waals surface area contributed by atoms with E-state index < -0.39 is 105 Å². The van der Waals surface area contributed by atoms with Crippen LogP contribution in [0.1, 0.15) is 78.3 Å². The number of aromatic nitrogens is 2. The van der Waals surface area contributed by atoms with Crippen molar-refractivity contribution < 1.29 is 60.1 Å². The predicted molar refractivity (Wildman–Crippen MR) is 201 cm³/mol. The number of amides is 4. The minimum atomic E-state index is -5.04. The lowest BCUT2D eigenvalue weighted by atomic mass is 9.87. The lowest BCUT2D eigenvalue weighted by Gasteiger charge is -2.33. The Kier molecular flexibility index (Phi) is 11.9. The minimum absolute atomic E-state index is 0.0147. The highest BCUT2D eigenvalue weighted by Gasteiger charge is 2.63. The van der Waals surface area contributed by atoms with E-state index in [2.05, 4.69) is 25.3 Å². The maximum Gasteiger partial charge on any atom is 0.438 e. The molecule has 1 saturated heterocycles. The molecule has 3 fully saturated rings. The lowest BCUT2D eigenvalue weighted by Crippen LogP contribution is -2.59. The summed E-state index contributed by atoms with van der Waals surface area (Å²) >= 11 is 0. The van der Waals surface area contributed by atoms with Gasteiger partial charge in [-0.25, -0.2) is 23.2 Å². The monoisotopic (exact) mass is 838 g/mol. The number of fused-ring (bicyclic) bond motifs is 3. The van der Waals surface area contributed by atoms with Gasteiger partial charge in [0.15, 0.2) is 0 Å². The number of carbonyl (C=O) groups is 4. The third-order valence-electron chi connectivity index (χ3n) is 11.3. The number of rotatable bonds is 10. The Bertz CT molecular complexity index is 2080. The number of sulfonamides is 1. The summed E-state index contributed by atoms with van der Waals surface area (Å²) in [7, 11) is -2.73. The first-order valence-electron chi connectivity index (χ1n) is 19.2. The number of halogens is 3. The van der Waals surface area contributed by atoms with Crippen LogP contribution in [-0.2, 0) is 35.3 Å². The van der Waals surface area contributed by atoms with E-state index >= 15 is 0 Å². The van der Waals surface area contributed by atoms with Crippen molar-refractivity contribution in [3.8, 4) is 11.6 Å². The summed E-state index contributed by atoms with van der Waals surface area (Å²) in [5.74, 6) is -4.77. The molecule has 4 N–H and O–H groups in total. The van der Waals surface area contributed by atoms with Crippen LogP contribution >= 0.6 is 0 Å². The van der Waals surface area contributed by atoms with E-state index in [0.717, 1.165) is 4.90 Å². The van der Waals surface area contributed by atoms with Gasteiger partial charge < -0.3 is 34.9 Å². The number of benzene rings is 1. The van der Waals surface area contributed by atoms with Gasteiger partial charge in [-0.1, -0.05) is 19.1 Å². The lowest BCUT2D eigenvalue weighted by molar-refractivity contribution is -0.143. The molecule has 7 atom stereocenters. The molecule has 0 radical (unpaired) electrons. The quantitative estimate of drug-likeness (QED) is 0.251. The normalized spacial score (nSPS) is 28.7. The second-order valence-electron chi connectivity index (χ2n) is 16.3. The highest BCUT2D eigenvalue weighted by molar-refractivity contribution is 7.91. The SMILES string of the molecule is COC[C@@H]1C[C@@H](C)CCC=C[C@@H]2C[C@@]2(C(=O)NS(=O)(=O)C2(C)CC2)NC(=O)[C@@H]2C[C@@H](Oc3nc4cc(OC(C)C)ccc4nc3C(F)(F)F)CN2C(=O)[C@H]1NC(=O)O. The molecule has 3 heterocycles. The molecule has 4 amide bonds. The summed E-state index contributed by atoms with van der Waals surface area (Å²) in [6.45, 7) is 6.42. The van der Waals surface area contributed by atoms with Crippen LogP contribution in [0, 0.1) is 17.8 Å². The molecular weight excluding hydrogens is 790 g/mol. The summed E-state index contributed by atoms with van der Waals surface area (Å²) in [6.07, 6.45) is -2.83. The van der Waals surface area contributed by atoms with Gasteiger partial charge in [0.2, 0.25) is 33.4 Å². The molecule has 16 nitrogen and oxygen atoms in total. The number of nitrogens with zero attached hydrogens (tertiary/aromatic N) is 3. The fraction of sp³-hybridized carbons (Fsp3) is 0.632. The van der Waals surface area contributed by atoms with Crippen molar-refractivity contribution in [1.29, 1.82) is 0 Å². The highest BCUT2D eigenvalue weighted by atomic mass is 32.2. The zero-order valence-electron chi connectivity index (χ0n) is 32.8. The largest absolute Gasteiger partial charge is 0.491 e. The van der Waals surface area contributed by atoms with Crippen molar-refractivity contribution in [2.24, 2.45) is 17.8 Å². The topological polar surface area (TPSA) is 215 Å². The number of allylic oxidation sites excluding steroid dienone is 1. The van der Waals surface area contributed by atoms with Crippen molar-refractivity contribution in [3.63, 3.8) is 0 Å². The first-order valence-corrected chi connectivity index (χ1v) is 20.7. The fourth-order valence-corrected chi connectivity index (χ4v) is 9.02. The summed E-state index contributed by atoms with van der Waals surface area (Å²) < 4.78 is 87.7. The first kappa shape index (κ1) is 42.9. The van der Waals surface area contributed by atoms with E-state index in [0.29, 0.717) is 37.9 Å². The minimum Gasteiger partial charge on any atom is -0.491 e. The molecule has 2 aliphatic heterocycles. The van der Waals surface area contributed by atoms with E-state index in [9.17, 15) is 45.9 Å². The molecule has 6 rings (SSSR count). The number of methoxy groups -OCH3 is 1. The van der Waals surface area contributed by atoms with Gasteiger partial charge in [-0.2, -0.15) is 13.2 Å². The van der Waals surface area contributed by atoms with Gasteiger partial charge in [0.05, 0.1) is 35.0 Å². The van der Waals surface area contributed by atoms with E-state index in [4.69, 9.17) is 14.2 Å². The van der Waals surface area contributed by atoms with Crippen molar-refractivity contribution in [3.05, 3.63) is 36.0 Å². The Labute approximate surface area is 333 Å². The third kappa shape index (κ3) is 9.11. The second kappa shape index (κ2) is 16.1. The van der Waals surface area contributed by atoms with Crippen LogP contribution in [0.5, 0.6) is 11.6 Å². The summed E-state index contributed by atoms with van der Waals surface area (Å²) in [5, 5.41) is 14.8.